The summed E-state index contributed by atoms with van der Waals surface area (Å²) >= 11 is 0. The summed E-state index contributed by atoms with van der Waals surface area (Å²) in [5, 5.41) is 11.9. The van der Waals surface area contributed by atoms with Crippen LogP contribution in [0.25, 0.3) is 28.0 Å². The number of ketones is 1. The summed E-state index contributed by atoms with van der Waals surface area (Å²) < 4.78 is 0. The third kappa shape index (κ3) is 1.69. The molecule has 3 aromatic carbocycles. The normalized spacial score (nSPS) is 13.3. The van der Waals surface area contributed by atoms with Crippen LogP contribution in [0, 0.1) is 0 Å². The van der Waals surface area contributed by atoms with Gasteiger partial charge in [-0.3, -0.25) is 4.79 Å². The van der Waals surface area contributed by atoms with Crippen LogP contribution in [0.2, 0.25) is 0 Å². The van der Waals surface area contributed by atoms with Crippen molar-refractivity contribution in [2.24, 2.45) is 0 Å². The number of rotatable bonds is 1. The average Bonchev–Trinajstić information content (AvgIpc) is 2.53. The van der Waals surface area contributed by atoms with Crippen molar-refractivity contribution in [3.63, 3.8) is 0 Å². The molecule has 0 saturated carbocycles. The Bertz CT molecular complexity index is 906. The fourth-order valence-corrected chi connectivity index (χ4v) is 2.96. The van der Waals surface area contributed by atoms with Crippen molar-refractivity contribution in [1.82, 2.24) is 0 Å². The summed E-state index contributed by atoms with van der Waals surface area (Å²) in [5.74, 6) is -0.503. The van der Waals surface area contributed by atoms with Gasteiger partial charge >= 0.3 is 0 Å². The number of benzene rings is 3. The molecule has 0 fully saturated rings. The molecule has 1 aliphatic rings. The Balaban J connectivity index is 2.14. The molecule has 1 aliphatic carbocycles. The lowest BCUT2D eigenvalue weighted by atomic mass is 9.86. The van der Waals surface area contributed by atoms with E-state index >= 15 is 0 Å². The van der Waals surface area contributed by atoms with E-state index in [-0.39, 0.29) is 11.5 Å². The Morgan fingerprint density at radius 3 is 2.38 bits per heavy atom. The zero-order chi connectivity index (χ0) is 14.4. The van der Waals surface area contributed by atoms with Gasteiger partial charge in [0.05, 0.1) is 0 Å². The van der Waals surface area contributed by atoms with Crippen LogP contribution in [0.3, 0.4) is 0 Å². The van der Waals surface area contributed by atoms with Crippen LogP contribution in [-0.2, 0) is 0 Å². The molecule has 0 saturated heterocycles. The van der Waals surface area contributed by atoms with Gasteiger partial charge in [0.15, 0.2) is 5.76 Å². The maximum absolute atomic E-state index is 12.1. The third-order valence-corrected chi connectivity index (χ3v) is 3.93. The van der Waals surface area contributed by atoms with E-state index in [1.807, 2.05) is 54.6 Å². The third-order valence-electron chi connectivity index (χ3n) is 3.93. The first-order chi connectivity index (χ1) is 10.3. The summed E-state index contributed by atoms with van der Waals surface area (Å²) in [6, 6.07) is 19.7. The lowest BCUT2D eigenvalue weighted by molar-refractivity contribution is 0.0981. The predicted molar refractivity (Wildman–Crippen MR) is 84.3 cm³/mol. The average molecular weight is 272 g/mol. The summed E-state index contributed by atoms with van der Waals surface area (Å²) in [7, 11) is 0. The van der Waals surface area contributed by atoms with E-state index in [2.05, 4.69) is 0 Å². The lowest BCUT2D eigenvalue weighted by Crippen LogP contribution is -2.09. The zero-order valence-corrected chi connectivity index (χ0v) is 11.2. The fraction of sp³-hybridized carbons (Fsp3) is 0. The van der Waals surface area contributed by atoms with Crippen molar-refractivity contribution in [2.45, 2.75) is 0 Å². The van der Waals surface area contributed by atoms with Gasteiger partial charge in [0.2, 0.25) is 5.78 Å². The molecule has 1 N–H and O–H groups in total. The first-order valence-electron chi connectivity index (χ1n) is 6.82. The van der Waals surface area contributed by atoms with Crippen LogP contribution >= 0.6 is 0 Å². The Hall–Kier alpha value is -2.87. The van der Waals surface area contributed by atoms with Gasteiger partial charge in [-0.2, -0.15) is 0 Å². The molecule has 0 unspecified atom stereocenters. The Labute approximate surface area is 122 Å². The molecule has 0 spiro atoms. The molecule has 100 valence electrons. The van der Waals surface area contributed by atoms with Gasteiger partial charge < -0.3 is 5.11 Å². The Morgan fingerprint density at radius 1 is 0.762 bits per heavy atom. The van der Waals surface area contributed by atoms with Crippen molar-refractivity contribution in [3.8, 4) is 11.1 Å². The first kappa shape index (κ1) is 11.9. The molecular formula is C19H12O2. The summed E-state index contributed by atoms with van der Waals surface area (Å²) in [6.07, 6.45) is 1.58. The smallest absolute Gasteiger partial charge is 0.227 e. The lowest BCUT2D eigenvalue weighted by Gasteiger charge is -2.17. The highest BCUT2D eigenvalue weighted by atomic mass is 16.3. The topological polar surface area (TPSA) is 37.3 Å². The SMILES string of the molecule is O=C1C(O)=Cc2c(-c3ccccc3)ccc3cccc1c23. The van der Waals surface area contributed by atoms with Crippen LogP contribution < -0.4 is 0 Å². The number of carbonyl (C=O) groups excluding carboxylic acids is 1. The van der Waals surface area contributed by atoms with E-state index in [0.717, 1.165) is 27.5 Å². The molecule has 0 atom stereocenters. The van der Waals surface area contributed by atoms with E-state index in [1.54, 1.807) is 12.1 Å². The summed E-state index contributed by atoms with van der Waals surface area (Å²) in [4.78, 5) is 12.1. The van der Waals surface area contributed by atoms with Gasteiger partial charge in [-0.15, -0.1) is 0 Å². The van der Waals surface area contributed by atoms with Gasteiger partial charge in [0, 0.05) is 10.9 Å². The Kier molecular flexibility index (Phi) is 2.45. The maximum atomic E-state index is 12.1. The fourth-order valence-electron chi connectivity index (χ4n) is 2.96. The van der Waals surface area contributed by atoms with Gasteiger partial charge in [0.1, 0.15) is 0 Å². The van der Waals surface area contributed by atoms with Crippen molar-refractivity contribution in [2.75, 3.05) is 0 Å². The van der Waals surface area contributed by atoms with E-state index < -0.39 is 0 Å². The molecule has 3 aromatic rings. The number of aliphatic hydroxyl groups is 1. The molecule has 21 heavy (non-hydrogen) atoms. The first-order valence-corrected chi connectivity index (χ1v) is 6.82. The van der Waals surface area contributed by atoms with Crippen LogP contribution in [0.5, 0.6) is 0 Å². The zero-order valence-electron chi connectivity index (χ0n) is 11.2. The minimum atomic E-state index is -0.307. The van der Waals surface area contributed by atoms with E-state index in [4.69, 9.17) is 0 Å². The van der Waals surface area contributed by atoms with Crippen LogP contribution in [0.15, 0.2) is 66.4 Å². The van der Waals surface area contributed by atoms with Crippen molar-refractivity contribution >= 4 is 22.6 Å². The standard InChI is InChI=1S/C19H12O2/c20-17-11-16-14(12-5-2-1-3-6-12)10-9-13-7-4-8-15(18(13)16)19(17)21/h1-11,20H. The van der Waals surface area contributed by atoms with Gasteiger partial charge in [-0.05, 0) is 28.2 Å². The molecule has 0 heterocycles. The molecule has 0 amide bonds. The van der Waals surface area contributed by atoms with Crippen LogP contribution in [-0.4, -0.2) is 10.9 Å². The molecule has 0 radical (unpaired) electrons. The number of aliphatic hydroxyl groups excluding tert-OH is 1. The number of carbonyl (C=O) groups is 1. The second-order valence-electron chi connectivity index (χ2n) is 5.16. The van der Waals surface area contributed by atoms with Crippen LogP contribution in [0.4, 0.5) is 0 Å². The molecule has 0 aliphatic heterocycles. The maximum Gasteiger partial charge on any atom is 0.227 e. The van der Waals surface area contributed by atoms with Crippen molar-refractivity contribution in [3.05, 3.63) is 77.5 Å². The van der Waals surface area contributed by atoms with Gasteiger partial charge in [0.25, 0.3) is 0 Å². The number of Topliss-reactive ketones (excluding diaryl/α,β-unsaturated/α-hetero) is 1. The second kappa shape index (κ2) is 4.32. The highest BCUT2D eigenvalue weighted by Gasteiger charge is 2.23. The molecule has 2 heteroatoms. The van der Waals surface area contributed by atoms with E-state index in [9.17, 15) is 9.90 Å². The van der Waals surface area contributed by atoms with E-state index in [1.165, 1.54) is 0 Å². The summed E-state index contributed by atoms with van der Waals surface area (Å²) in [6.45, 7) is 0. The largest absolute Gasteiger partial charge is 0.504 e. The minimum Gasteiger partial charge on any atom is -0.504 e. The highest BCUT2D eigenvalue weighted by Crippen LogP contribution is 2.37. The highest BCUT2D eigenvalue weighted by molar-refractivity contribution is 6.22. The monoisotopic (exact) mass is 272 g/mol. The number of hydrogen-bond acceptors (Lipinski definition) is 2. The second-order valence-corrected chi connectivity index (χ2v) is 5.16. The molecule has 2 nitrogen and oxygen atoms in total. The summed E-state index contributed by atoms with van der Waals surface area (Å²) in [5.41, 5.74) is 3.57. The van der Waals surface area contributed by atoms with Gasteiger partial charge in [-0.1, -0.05) is 60.7 Å². The number of allylic oxidation sites excluding steroid dienone is 1. The quantitative estimate of drug-likeness (QED) is 0.702. The Morgan fingerprint density at radius 2 is 1.57 bits per heavy atom. The van der Waals surface area contributed by atoms with Gasteiger partial charge in [-0.25, -0.2) is 0 Å². The minimum absolute atomic E-state index is 0.196. The van der Waals surface area contributed by atoms with Crippen molar-refractivity contribution in [1.29, 1.82) is 0 Å². The molecular weight excluding hydrogens is 260 g/mol. The predicted octanol–water partition coefficient (Wildman–Crippen LogP) is 4.60. The van der Waals surface area contributed by atoms with Crippen LogP contribution in [0.1, 0.15) is 15.9 Å². The van der Waals surface area contributed by atoms with Crippen molar-refractivity contribution < 1.29 is 9.90 Å². The molecule has 0 aromatic heterocycles. The number of hydrogen-bond donors (Lipinski definition) is 1. The molecule has 0 bridgehead atoms. The molecule has 4 rings (SSSR count). The van der Waals surface area contributed by atoms with E-state index in [0.29, 0.717) is 5.56 Å².